The van der Waals surface area contributed by atoms with Crippen molar-refractivity contribution in [2.45, 2.75) is 65.1 Å². The van der Waals surface area contributed by atoms with Gasteiger partial charge in [0, 0.05) is 36.6 Å². The van der Waals surface area contributed by atoms with Gasteiger partial charge in [-0.2, -0.15) is 0 Å². The lowest BCUT2D eigenvalue weighted by Gasteiger charge is -2.38. The standard InChI is InChI=1S/C27H39N7O/c1-18(2)29-26(30-19(3)28)23-17-33-14-15-35-25-16-21(7-8-22(25)27(33)31-23)34-11-5-6-24(34)20-9-12-32(4)13-10-20/h7-8,16-18,20,24H,5-6,9-15H2,1-4H3,(H2,28,29,30). The van der Waals surface area contributed by atoms with Crippen molar-refractivity contribution in [3.63, 3.8) is 0 Å². The van der Waals surface area contributed by atoms with Gasteiger partial charge >= 0.3 is 0 Å². The highest BCUT2D eigenvalue weighted by Crippen LogP contribution is 2.39. The second kappa shape index (κ2) is 10.0. The van der Waals surface area contributed by atoms with Crippen LogP contribution in [-0.2, 0) is 6.54 Å². The molecule has 8 nitrogen and oxygen atoms in total. The Morgan fingerprint density at radius 3 is 2.71 bits per heavy atom. The van der Waals surface area contributed by atoms with Crippen molar-refractivity contribution in [3.8, 4) is 17.1 Å². The fourth-order valence-corrected chi connectivity index (χ4v) is 5.78. The van der Waals surface area contributed by atoms with Crippen LogP contribution in [-0.4, -0.2) is 71.5 Å². The molecular formula is C27H39N7O. The lowest BCUT2D eigenvalue weighted by molar-refractivity contribution is 0.199. The fraction of sp³-hybridized carbons (Fsp3) is 0.593. The van der Waals surface area contributed by atoms with E-state index in [0.29, 0.717) is 18.5 Å². The minimum Gasteiger partial charge on any atom is -0.491 e. The summed E-state index contributed by atoms with van der Waals surface area (Å²) in [5, 5.41) is 11.2. The molecule has 0 spiro atoms. The van der Waals surface area contributed by atoms with E-state index >= 15 is 0 Å². The summed E-state index contributed by atoms with van der Waals surface area (Å²) in [5.74, 6) is 3.48. The number of fused-ring (bicyclic) bond motifs is 3. The largest absolute Gasteiger partial charge is 0.491 e. The minimum absolute atomic E-state index is 0.200. The lowest BCUT2D eigenvalue weighted by atomic mass is 9.88. The van der Waals surface area contributed by atoms with Gasteiger partial charge in [0.15, 0.2) is 5.84 Å². The highest BCUT2D eigenvalue weighted by atomic mass is 16.5. The lowest BCUT2D eigenvalue weighted by Crippen LogP contribution is -2.41. The third-order valence-electron chi connectivity index (χ3n) is 7.46. The number of amidine groups is 2. The molecule has 2 N–H and O–H groups in total. The topological polar surface area (TPSA) is 81.8 Å². The normalized spacial score (nSPS) is 21.5. The molecule has 2 saturated heterocycles. The van der Waals surface area contributed by atoms with Crippen LogP contribution in [0.1, 0.15) is 52.1 Å². The van der Waals surface area contributed by atoms with Gasteiger partial charge < -0.3 is 24.4 Å². The average Bonchev–Trinajstić information content (AvgIpc) is 3.43. The number of hydrogen-bond donors (Lipinski definition) is 2. The van der Waals surface area contributed by atoms with E-state index in [2.05, 4.69) is 63.8 Å². The maximum absolute atomic E-state index is 7.85. The monoisotopic (exact) mass is 477 g/mol. The van der Waals surface area contributed by atoms with E-state index in [1.807, 2.05) is 6.20 Å². The predicted octanol–water partition coefficient (Wildman–Crippen LogP) is 3.99. The van der Waals surface area contributed by atoms with Gasteiger partial charge in [-0.25, -0.2) is 9.98 Å². The maximum atomic E-state index is 7.85. The molecule has 0 radical (unpaired) electrons. The molecule has 0 saturated carbocycles. The van der Waals surface area contributed by atoms with Crippen LogP contribution in [0.2, 0.25) is 0 Å². The Hall–Kier alpha value is -2.87. The van der Waals surface area contributed by atoms with E-state index < -0.39 is 0 Å². The van der Waals surface area contributed by atoms with Crippen LogP contribution in [0.15, 0.2) is 29.4 Å². The summed E-state index contributed by atoms with van der Waals surface area (Å²) in [4.78, 5) is 14.5. The van der Waals surface area contributed by atoms with Crippen LogP contribution in [0.3, 0.4) is 0 Å². The molecule has 8 heteroatoms. The van der Waals surface area contributed by atoms with Gasteiger partial charge in [-0.1, -0.05) is 0 Å². The van der Waals surface area contributed by atoms with Crippen LogP contribution in [0, 0.1) is 11.3 Å². The van der Waals surface area contributed by atoms with Crippen molar-refractivity contribution in [1.82, 2.24) is 19.8 Å². The van der Waals surface area contributed by atoms with E-state index in [1.165, 1.54) is 44.5 Å². The Labute approximate surface area is 208 Å². The first-order valence-corrected chi connectivity index (χ1v) is 13.1. The number of likely N-dealkylation sites (tertiary alicyclic amines) is 1. The molecule has 188 valence electrons. The van der Waals surface area contributed by atoms with Crippen molar-refractivity contribution < 1.29 is 4.74 Å². The zero-order valence-electron chi connectivity index (χ0n) is 21.5. The molecule has 35 heavy (non-hydrogen) atoms. The molecule has 2 aromatic rings. The molecular weight excluding hydrogens is 438 g/mol. The molecule has 3 aliphatic rings. The summed E-state index contributed by atoms with van der Waals surface area (Å²) in [6.07, 6.45) is 7.17. The van der Waals surface area contributed by atoms with Crippen molar-refractivity contribution >= 4 is 17.4 Å². The van der Waals surface area contributed by atoms with Gasteiger partial charge in [0.2, 0.25) is 0 Å². The van der Waals surface area contributed by atoms with E-state index in [-0.39, 0.29) is 11.9 Å². The number of nitrogens with one attached hydrogen (secondary N) is 2. The molecule has 1 aromatic carbocycles. The van der Waals surface area contributed by atoms with Crippen LogP contribution < -0.4 is 15.0 Å². The Morgan fingerprint density at radius 2 is 1.97 bits per heavy atom. The summed E-state index contributed by atoms with van der Waals surface area (Å²) in [7, 11) is 2.24. The SMILES string of the molecule is CC(=N)/N=C(\NC(C)C)c1cn2c(n1)-c1ccc(N3CCCC3C3CCN(C)CC3)cc1OCC2. The second-order valence-electron chi connectivity index (χ2n) is 10.6. The zero-order valence-corrected chi connectivity index (χ0v) is 21.5. The zero-order chi connectivity index (χ0) is 24.5. The van der Waals surface area contributed by atoms with Crippen LogP contribution in [0.4, 0.5) is 5.69 Å². The summed E-state index contributed by atoms with van der Waals surface area (Å²) in [6, 6.07) is 7.49. The molecule has 1 aromatic heterocycles. The van der Waals surface area contributed by atoms with E-state index in [0.717, 1.165) is 41.8 Å². The number of piperidine rings is 1. The number of anilines is 1. The second-order valence-corrected chi connectivity index (χ2v) is 10.6. The highest BCUT2D eigenvalue weighted by Gasteiger charge is 2.34. The Kier molecular flexibility index (Phi) is 6.82. The van der Waals surface area contributed by atoms with Crippen LogP contribution >= 0.6 is 0 Å². The molecule has 5 rings (SSSR count). The maximum Gasteiger partial charge on any atom is 0.155 e. The van der Waals surface area contributed by atoms with Gasteiger partial charge in [0.1, 0.15) is 29.7 Å². The third kappa shape index (κ3) is 5.08. The average molecular weight is 478 g/mol. The number of nitrogens with zero attached hydrogens (tertiary/aromatic N) is 5. The number of ether oxygens (including phenoxy) is 1. The molecule has 0 aliphatic carbocycles. The summed E-state index contributed by atoms with van der Waals surface area (Å²) in [5.41, 5.74) is 3.05. The number of imidazole rings is 1. The molecule has 1 atom stereocenters. The number of benzene rings is 1. The smallest absolute Gasteiger partial charge is 0.155 e. The van der Waals surface area contributed by atoms with Gasteiger partial charge in [-0.15, -0.1) is 0 Å². The number of aliphatic imine (C=N–C) groups is 1. The fourth-order valence-electron chi connectivity index (χ4n) is 5.78. The Bertz CT molecular complexity index is 1100. The molecule has 4 heterocycles. The van der Waals surface area contributed by atoms with Crippen molar-refractivity contribution in [2.75, 3.05) is 38.2 Å². The van der Waals surface area contributed by atoms with Crippen molar-refractivity contribution in [2.24, 2.45) is 10.9 Å². The molecule has 0 amide bonds. The molecule has 3 aliphatic heterocycles. The molecule has 2 fully saturated rings. The molecule has 1 unspecified atom stereocenters. The highest BCUT2D eigenvalue weighted by molar-refractivity contribution is 6.04. The first kappa shape index (κ1) is 23.9. The Balaban J connectivity index is 1.44. The number of hydrogen-bond acceptors (Lipinski definition) is 5. The van der Waals surface area contributed by atoms with E-state index in [9.17, 15) is 0 Å². The quantitative estimate of drug-likeness (QED) is 0.514. The van der Waals surface area contributed by atoms with Crippen LogP contribution in [0.25, 0.3) is 11.4 Å². The summed E-state index contributed by atoms with van der Waals surface area (Å²) >= 11 is 0. The van der Waals surface area contributed by atoms with Crippen molar-refractivity contribution in [3.05, 3.63) is 30.1 Å². The molecule has 0 bridgehead atoms. The van der Waals surface area contributed by atoms with Gasteiger partial charge in [-0.05, 0) is 84.6 Å². The van der Waals surface area contributed by atoms with Gasteiger partial charge in [0.25, 0.3) is 0 Å². The minimum atomic E-state index is 0.200. The van der Waals surface area contributed by atoms with Gasteiger partial charge in [-0.3, -0.25) is 5.41 Å². The third-order valence-corrected chi connectivity index (χ3v) is 7.46. The van der Waals surface area contributed by atoms with E-state index in [4.69, 9.17) is 15.1 Å². The first-order valence-electron chi connectivity index (χ1n) is 13.1. The number of aromatic nitrogens is 2. The number of rotatable bonds is 4. The Morgan fingerprint density at radius 1 is 1.17 bits per heavy atom. The van der Waals surface area contributed by atoms with E-state index in [1.54, 1.807) is 6.92 Å². The van der Waals surface area contributed by atoms with Crippen LogP contribution in [0.5, 0.6) is 5.75 Å². The van der Waals surface area contributed by atoms with Crippen molar-refractivity contribution in [1.29, 1.82) is 5.41 Å². The summed E-state index contributed by atoms with van der Waals surface area (Å²) in [6.45, 7) is 10.7. The predicted molar refractivity (Wildman–Crippen MR) is 142 cm³/mol. The first-order chi connectivity index (χ1) is 16.9. The summed E-state index contributed by atoms with van der Waals surface area (Å²) < 4.78 is 8.39. The van der Waals surface area contributed by atoms with Gasteiger partial charge in [0.05, 0.1) is 12.1 Å².